The van der Waals surface area contributed by atoms with E-state index in [4.69, 9.17) is 5.73 Å². The van der Waals surface area contributed by atoms with Crippen LogP contribution in [0.5, 0.6) is 0 Å². The van der Waals surface area contributed by atoms with Crippen molar-refractivity contribution >= 4 is 55.1 Å². The first-order valence-electron chi connectivity index (χ1n) is 3.67. The Kier molecular flexibility index (Phi) is 2.42. The summed E-state index contributed by atoms with van der Waals surface area (Å²) >= 11 is 5.73. The Hall–Kier alpha value is -0.360. The van der Waals surface area contributed by atoms with Crippen molar-refractivity contribution in [3.63, 3.8) is 0 Å². The Morgan fingerprint density at radius 2 is 2.08 bits per heavy atom. The Bertz CT molecular complexity index is 465. The van der Waals surface area contributed by atoms with E-state index in [0.717, 1.165) is 15.4 Å². The first kappa shape index (κ1) is 9.21. The van der Waals surface area contributed by atoms with Crippen molar-refractivity contribution in [3.05, 3.63) is 32.4 Å². The average molecular weight is 349 g/mol. The molecular weight excluding hydrogens is 343 g/mol. The van der Waals surface area contributed by atoms with Gasteiger partial charge in [-0.1, -0.05) is 0 Å². The Balaban J connectivity index is 2.86. The van der Waals surface area contributed by atoms with Crippen LogP contribution >= 0.6 is 38.5 Å². The maximum absolute atomic E-state index is 5.64. The van der Waals surface area contributed by atoms with E-state index >= 15 is 0 Å². The molecule has 0 radical (unpaired) electrons. The van der Waals surface area contributed by atoms with Gasteiger partial charge in [-0.3, -0.25) is 4.98 Å². The van der Waals surface area contributed by atoms with Gasteiger partial charge < -0.3 is 5.73 Å². The smallest absolute Gasteiger partial charge is 0.0846 e. The summed E-state index contributed by atoms with van der Waals surface area (Å²) in [4.78, 5) is 4.25. The number of nitrogens with zero attached hydrogens (tertiary/aromatic N) is 1. The number of hydrogen-bond acceptors (Lipinski definition) is 2. The molecule has 4 heteroatoms. The van der Waals surface area contributed by atoms with E-state index in [1.807, 2.05) is 12.1 Å². The van der Waals surface area contributed by atoms with E-state index in [-0.39, 0.29) is 0 Å². The number of aromatic nitrogens is 1. The molecule has 0 saturated carbocycles. The molecule has 1 heterocycles. The molecule has 0 aliphatic heterocycles. The lowest BCUT2D eigenvalue weighted by Crippen LogP contribution is -1.88. The van der Waals surface area contributed by atoms with Gasteiger partial charge in [-0.25, -0.2) is 0 Å². The zero-order chi connectivity index (χ0) is 9.42. The molecule has 2 rings (SSSR count). The molecule has 0 fully saturated rings. The van der Waals surface area contributed by atoms with E-state index in [1.165, 1.54) is 3.57 Å². The first-order chi connectivity index (χ1) is 6.16. The number of nitrogen functional groups attached to an aromatic ring is 1. The lowest BCUT2D eigenvalue weighted by molar-refractivity contribution is 1.40. The molecule has 2 N–H and O–H groups in total. The van der Waals surface area contributed by atoms with Gasteiger partial charge in [0, 0.05) is 13.4 Å². The highest BCUT2D eigenvalue weighted by atomic mass is 127. The number of benzene rings is 1. The van der Waals surface area contributed by atoms with E-state index in [9.17, 15) is 0 Å². The Labute approximate surface area is 97.8 Å². The van der Waals surface area contributed by atoms with Crippen LogP contribution in [0, 0.1) is 3.57 Å². The van der Waals surface area contributed by atoms with Crippen LogP contribution in [0.25, 0.3) is 10.9 Å². The number of fused-ring (bicyclic) bond motifs is 1. The summed E-state index contributed by atoms with van der Waals surface area (Å²) in [6.45, 7) is 0. The van der Waals surface area contributed by atoms with Crippen molar-refractivity contribution in [2.45, 2.75) is 0 Å². The van der Waals surface area contributed by atoms with Gasteiger partial charge in [0.15, 0.2) is 0 Å². The van der Waals surface area contributed by atoms with Crippen LogP contribution in [-0.2, 0) is 0 Å². The summed E-state index contributed by atoms with van der Waals surface area (Å²) in [6, 6.07) is 6.02. The third kappa shape index (κ3) is 1.78. The molecule has 0 spiro atoms. The van der Waals surface area contributed by atoms with Crippen molar-refractivity contribution in [3.8, 4) is 0 Å². The lowest BCUT2D eigenvalue weighted by atomic mass is 10.2. The van der Waals surface area contributed by atoms with E-state index < -0.39 is 0 Å². The maximum Gasteiger partial charge on any atom is 0.0846 e. The molecule has 0 bridgehead atoms. The van der Waals surface area contributed by atoms with E-state index in [2.05, 4.69) is 49.6 Å². The molecule has 0 aliphatic rings. The molecule has 0 atom stereocenters. The molecule has 1 aromatic carbocycles. The van der Waals surface area contributed by atoms with Gasteiger partial charge in [0.1, 0.15) is 0 Å². The highest BCUT2D eigenvalue weighted by molar-refractivity contribution is 14.1. The molecule has 13 heavy (non-hydrogen) atoms. The predicted molar refractivity (Wildman–Crippen MR) is 66.6 cm³/mol. The van der Waals surface area contributed by atoms with Crippen LogP contribution in [0.2, 0.25) is 0 Å². The quantitative estimate of drug-likeness (QED) is 0.742. The highest BCUT2D eigenvalue weighted by Crippen LogP contribution is 2.25. The topological polar surface area (TPSA) is 38.9 Å². The number of anilines is 1. The van der Waals surface area contributed by atoms with Crippen molar-refractivity contribution in [2.75, 3.05) is 5.73 Å². The fourth-order valence-corrected chi connectivity index (χ4v) is 2.84. The summed E-state index contributed by atoms with van der Waals surface area (Å²) < 4.78 is 2.18. The molecule has 2 aromatic rings. The zero-order valence-corrected chi connectivity index (χ0v) is 10.3. The lowest BCUT2D eigenvalue weighted by Gasteiger charge is -2.01. The van der Waals surface area contributed by atoms with Crippen LogP contribution in [0.3, 0.4) is 0 Å². The largest absolute Gasteiger partial charge is 0.397 e. The molecule has 2 nitrogen and oxygen atoms in total. The number of nitrogens with two attached hydrogens (primary N) is 1. The monoisotopic (exact) mass is 348 g/mol. The summed E-state index contributed by atoms with van der Waals surface area (Å²) in [7, 11) is 0. The van der Waals surface area contributed by atoms with Gasteiger partial charge in [-0.05, 0) is 56.7 Å². The molecule has 0 saturated heterocycles. The Morgan fingerprint density at radius 3 is 2.85 bits per heavy atom. The van der Waals surface area contributed by atoms with Gasteiger partial charge in [0.05, 0.1) is 17.4 Å². The SMILES string of the molecule is Nc1cnc2c(Br)cc(I)cc2c1. The maximum atomic E-state index is 5.64. The fourth-order valence-electron chi connectivity index (χ4n) is 1.19. The summed E-state index contributed by atoms with van der Waals surface area (Å²) in [6.07, 6.45) is 1.67. The van der Waals surface area contributed by atoms with E-state index in [1.54, 1.807) is 6.20 Å². The van der Waals surface area contributed by atoms with Gasteiger partial charge in [0.25, 0.3) is 0 Å². The normalized spacial score (nSPS) is 10.6. The van der Waals surface area contributed by atoms with Crippen molar-refractivity contribution in [1.29, 1.82) is 0 Å². The van der Waals surface area contributed by atoms with Crippen LogP contribution in [0.15, 0.2) is 28.9 Å². The van der Waals surface area contributed by atoms with Gasteiger partial charge in [-0.2, -0.15) is 0 Å². The first-order valence-corrected chi connectivity index (χ1v) is 5.54. The number of halogens is 2. The van der Waals surface area contributed by atoms with Crippen LogP contribution in [0.1, 0.15) is 0 Å². The third-order valence-electron chi connectivity index (χ3n) is 1.72. The predicted octanol–water partition coefficient (Wildman–Crippen LogP) is 3.18. The number of hydrogen-bond donors (Lipinski definition) is 1. The van der Waals surface area contributed by atoms with Crippen LogP contribution in [-0.4, -0.2) is 4.98 Å². The zero-order valence-electron chi connectivity index (χ0n) is 6.59. The second-order valence-corrected chi connectivity index (χ2v) is 4.83. The minimum atomic E-state index is 0.696. The number of rotatable bonds is 0. The molecule has 0 unspecified atom stereocenters. The van der Waals surface area contributed by atoms with Crippen molar-refractivity contribution < 1.29 is 0 Å². The molecule has 0 amide bonds. The molecule has 0 aliphatic carbocycles. The van der Waals surface area contributed by atoms with Gasteiger partial charge >= 0.3 is 0 Å². The van der Waals surface area contributed by atoms with Gasteiger partial charge in [-0.15, -0.1) is 0 Å². The van der Waals surface area contributed by atoms with Crippen molar-refractivity contribution in [1.82, 2.24) is 4.98 Å². The minimum Gasteiger partial charge on any atom is -0.397 e. The molecule has 1 aromatic heterocycles. The minimum absolute atomic E-state index is 0.696. The van der Waals surface area contributed by atoms with Crippen molar-refractivity contribution in [2.24, 2.45) is 0 Å². The van der Waals surface area contributed by atoms with E-state index in [0.29, 0.717) is 5.69 Å². The summed E-state index contributed by atoms with van der Waals surface area (Å²) in [5.41, 5.74) is 7.29. The summed E-state index contributed by atoms with van der Waals surface area (Å²) in [5, 5.41) is 1.07. The van der Waals surface area contributed by atoms with Crippen LogP contribution < -0.4 is 5.73 Å². The molecule has 66 valence electrons. The molecular formula is C9H6BrIN2. The second-order valence-electron chi connectivity index (χ2n) is 2.73. The number of pyridine rings is 1. The average Bonchev–Trinajstić information content (AvgIpc) is 2.02. The fraction of sp³-hybridized carbons (Fsp3) is 0. The van der Waals surface area contributed by atoms with Gasteiger partial charge in [0.2, 0.25) is 0 Å². The highest BCUT2D eigenvalue weighted by Gasteiger charge is 2.01. The summed E-state index contributed by atoms with van der Waals surface area (Å²) in [5.74, 6) is 0. The second kappa shape index (κ2) is 3.42. The van der Waals surface area contributed by atoms with Crippen LogP contribution in [0.4, 0.5) is 5.69 Å². The standard InChI is InChI=1S/C9H6BrIN2/c10-8-3-6(11)1-5-2-7(12)4-13-9(5)8/h1-4H,12H2. The third-order valence-corrected chi connectivity index (χ3v) is 2.95. The Morgan fingerprint density at radius 1 is 1.31 bits per heavy atom.